The molecular weight excluding hydrogens is 352 g/mol. The van der Waals surface area contributed by atoms with E-state index in [0.717, 1.165) is 24.8 Å². The molecule has 1 unspecified atom stereocenters. The Morgan fingerprint density at radius 2 is 1.96 bits per heavy atom. The topological polar surface area (TPSA) is 71.7 Å². The van der Waals surface area contributed by atoms with Crippen LogP contribution < -0.4 is 10.6 Å². The van der Waals surface area contributed by atoms with Crippen LogP contribution in [0.15, 0.2) is 45.9 Å². The van der Waals surface area contributed by atoms with Gasteiger partial charge in [0.05, 0.1) is 19.4 Å². The zero-order valence-corrected chi connectivity index (χ0v) is 17.8. The maximum Gasteiger partial charge on any atom is 0.216 e. The maximum atomic E-state index is 5.81. The minimum Gasteiger partial charge on any atom is -0.443 e. The number of rotatable bonds is 9. The molecule has 1 aromatic carbocycles. The molecule has 0 aliphatic rings. The molecule has 2 rings (SSSR count). The van der Waals surface area contributed by atoms with Crippen LogP contribution in [0, 0.1) is 5.92 Å². The molecule has 0 fully saturated rings. The van der Waals surface area contributed by atoms with Crippen LogP contribution in [0.2, 0.25) is 0 Å². The maximum absolute atomic E-state index is 5.81. The van der Waals surface area contributed by atoms with E-state index in [1.54, 1.807) is 6.20 Å². The molecule has 0 amide bonds. The van der Waals surface area contributed by atoms with Crippen molar-refractivity contribution in [2.75, 3.05) is 19.7 Å². The Morgan fingerprint density at radius 1 is 1.21 bits per heavy atom. The molecule has 2 N–H and O–H groups in total. The Morgan fingerprint density at radius 3 is 2.61 bits per heavy atom. The lowest BCUT2D eigenvalue weighted by atomic mass is 9.94. The molecule has 0 bridgehead atoms. The molecule has 1 aromatic heterocycles. The van der Waals surface area contributed by atoms with Gasteiger partial charge in [-0.2, -0.15) is 0 Å². The largest absolute Gasteiger partial charge is 0.443 e. The molecule has 2 aromatic rings. The molecule has 0 saturated carbocycles. The third-order valence-corrected chi connectivity index (χ3v) is 4.14. The Kier molecular flexibility index (Phi) is 8.51. The van der Waals surface area contributed by atoms with Crippen molar-refractivity contribution < 1.29 is 9.15 Å². The molecule has 154 valence electrons. The van der Waals surface area contributed by atoms with Gasteiger partial charge in [-0.3, -0.25) is 0 Å². The van der Waals surface area contributed by atoms with Crippen LogP contribution in [-0.2, 0) is 23.3 Å². The first-order valence-corrected chi connectivity index (χ1v) is 9.97. The number of hydrogen-bond donors (Lipinski definition) is 2. The van der Waals surface area contributed by atoms with Crippen LogP contribution in [0.1, 0.15) is 51.8 Å². The van der Waals surface area contributed by atoms with Gasteiger partial charge in [-0.15, -0.1) is 0 Å². The first-order valence-electron chi connectivity index (χ1n) is 9.97. The second kappa shape index (κ2) is 10.9. The van der Waals surface area contributed by atoms with E-state index in [1.165, 1.54) is 5.56 Å². The predicted octanol–water partition coefficient (Wildman–Crippen LogP) is 3.88. The number of aliphatic imine (C=N–C) groups is 1. The van der Waals surface area contributed by atoms with Crippen LogP contribution in [0.5, 0.6) is 0 Å². The van der Waals surface area contributed by atoms with Gasteiger partial charge in [0.25, 0.3) is 0 Å². The summed E-state index contributed by atoms with van der Waals surface area (Å²) < 4.78 is 11.6. The van der Waals surface area contributed by atoms with Gasteiger partial charge in [-0.25, -0.2) is 9.98 Å². The van der Waals surface area contributed by atoms with Crippen molar-refractivity contribution in [2.45, 2.75) is 53.2 Å². The summed E-state index contributed by atoms with van der Waals surface area (Å²) in [6.45, 7) is 13.8. The Hall–Kier alpha value is -2.34. The van der Waals surface area contributed by atoms with Crippen molar-refractivity contribution in [1.29, 1.82) is 0 Å². The number of hydrogen-bond acceptors (Lipinski definition) is 4. The van der Waals surface area contributed by atoms with Gasteiger partial charge in [-0.1, -0.05) is 58.0 Å². The number of guanidine groups is 1. The summed E-state index contributed by atoms with van der Waals surface area (Å²) in [4.78, 5) is 8.91. The first kappa shape index (κ1) is 22.0. The number of oxazole rings is 1. The van der Waals surface area contributed by atoms with Crippen molar-refractivity contribution in [3.05, 3.63) is 53.7 Å². The predicted molar refractivity (Wildman–Crippen MR) is 113 cm³/mol. The summed E-state index contributed by atoms with van der Waals surface area (Å²) in [5.41, 5.74) is 1.14. The minimum atomic E-state index is -0.0487. The number of nitrogens with one attached hydrogen (secondary N) is 2. The van der Waals surface area contributed by atoms with E-state index < -0.39 is 0 Å². The van der Waals surface area contributed by atoms with Crippen molar-refractivity contribution >= 4 is 5.96 Å². The van der Waals surface area contributed by atoms with Crippen LogP contribution in [0.4, 0.5) is 0 Å². The summed E-state index contributed by atoms with van der Waals surface area (Å²) in [5.74, 6) is 2.62. The second-order valence-electron chi connectivity index (χ2n) is 8.05. The molecule has 1 heterocycles. The zero-order valence-electron chi connectivity index (χ0n) is 17.8. The monoisotopic (exact) mass is 386 g/mol. The molecule has 1 atom stereocenters. The quantitative estimate of drug-likeness (QED) is 0.505. The normalized spacial score (nSPS) is 13.4. The standard InChI is InChI=1S/C22H34N4O2/c1-6-23-21(26-14-20-24-13-19(28-20)22(3,4)5)25-12-17(2)15-27-16-18-10-8-7-9-11-18/h7-11,13,17H,6,12,14-16H2,1-5H3,(H2,23,25,26). The molecule has 0 radical (unpaired) electrons. The molecule has 0 aliphatic heterocycles. The molecule has 6 nitrogen and oxygen atoms in total. The highest BCUT2D eigenvalue weighted by Gasteiger charge is 2.19. The number of ether oxygens (including phenoxy) is 1. The Balaban J connectivity index is 1.77. The molecule has 28 heavy (non-hydrogen) atoms. The number of benzene rings is 1. The van der Waals surface area contributed by atoms with E-state index in [0.29, 0.717) is 31.6 Å². The van der Waals surface area contributed by atoms with Gasteiger partial charge < -0.3 is 19.8 Å². The average molecular weight is 387 g/mol. The fourth-order valence-corrected chi connectivity index (χ4v) is 2.50. The van der Waals surface area contributed by atoms with E-state index in [1.807, 2.05) is 25.1 Å². The molecule has 0 spiro atoms. The lowest BCUT2D eigenvalue weighted by Gasteiger charge is -2.16. The van der Waals surface area contributed by atoms with E-state index >= 15 is 0 Å². The average Bonchev–Trinajstić information content (AvgIpc) is 3.14. The minimum absolute atomic E-state index is 0.0487. The van der Waals surface area contributed by atoms with Crippen molar-refractivity contribution in [1.82, 2.24) is 15.6 Å². The third kappa shape index (κ3) is 7.72. The first-order chi connectivity index (χ1) is 13.4. The van der Waals surface area contributed by atoms with Crippen LogP contribution >= 0.6 is 0 Å². The summed E-state index contributed by atoms with van der Waals surface area (Å²) in [7, 11) is 0. The highest BCUT2D eigenvalue weighted by Crippen LogP contribution is 2.22. The summed E-state index contributed by atoms with van der Waals surface area (Å²) in [6.07, 6.45) is 1.79. The smallest absolute Gasteiger partial charge is 0.216 e. The summed E-state index contributed by atoms with van der Waals surface area (Å²) in [6, 6.07) is 10.2. The highest BCUT2D eigenvalue weighted by molar-refractivity contribution is 5.79. The van der Waals surface area contributed by atoms with E-state index in [-0.39, 0.29) is 5.41 Å². The Bertz CT molecular complexity index is 720. The van der Waals surface area contributed by atoms with Gasteiger partial charge in [0.1, 0.15) is 12.3 Å². The SMILES string of the molecule is CCNC(=NCc1ncc(C(C)(C)C)o1)NCC(C)COCc1ccccc1. The van der Waals surface area contributed by atoms with Crippen LogP contribution in [0.25, 0.3) is 0 Å². The Labute approximate surface area is 168 Å². The fourth-order valence-electron chi connectivity index (χ4n) is 2.50. The van der Waals surface area contributed by atoms with Gasteiger partial charge >= 0.3 is 0 Å². The molecule has 0 aliphatic carbocycles. The lowest BCUT2D eigenvalue weighted by molar-refractivity contribution is 0.0931. The van der Waals surface area contributed by atoms with Gasteiger partial charge in [-0.05, 0) is 18.4 Å². The summed E-state index contributed by atoms with van der Waals surface area (Å²) in [5, 5.41) is 6.62. The second-order valence-corrected chi connectivity index (χ2v) is 8.05. The fraction of sp³-hybridized carbons (Fsp3) is 0.545. The highest BCUT2D eigenvalue weighted by atomic mass is 16.5. The van der Waals surface area contributed by atoms with E-state index in [4.69, 9.17) is 9.15 Å². The summed E-state index contributed by atoms with van der Waals surface area (Å²) >= 11 is 0. The molecule has 0 saturated heterocycles. The third-order valence-electron chi connectivity index (χ3n) is 4.14. The molecule has 6 heteroatoms. The van der Waals surface area contributed by atoms with Crippen molar-refractivity contribution in [3.63, 3.8) is 0 Å². The zero-order chi connectivity index (χ0) is 20.4. The van der Waals surface area contributed by atoms with Gasteiger partial charge in [0, 0.05) is 18.5 Å². The number of aromatic nitrogens is 1. The lowest BCUT2D eigenvalue weighted by Crippen LogP contribution is -2.40. The van der Waals surface area contributed by atoms with Gasteiger partial charge in [0.15, 0.2) is 5.96 Å². The van der Waals surface area contributed by atoms with Gasteiger partial charge in [0.2, 0.25) is 5.89 Å². The van der Waals surface area contributed by atoms with Crippen LogP contribution in [0.3, 0.4) is 0 Å². The van der Waals surface area contributed by atoms with E-state index in [2.05, 4.69) is 60.4 Å². The number of nitrogens with zero attached hydrogens (tertiary/aromatic N) is 2. The molecular formula is C22H34N4O2. The van der Waals surface area contributed by atoms with E-state index in [9.17, 15) is 0 Å². The van der Waals surface area contributed by atoms with Crippen molar-refractivity contribution in [2.24, 2.45) is 10.9 Å². The van der Waals surface area contributed by atoms with Crippen molar-refractivity contribution in [3.8, 4) is 0 Å². The van der Waals surface area contributed by atoms with Crippen LogP contribution in [-0.4, -0.2) is 30.6 Å².